The SMILES string of the molecule is C=Cc1ccc(C(C)C/C=C/c2ccc(O)cc2)cc1. The number of benzene rings is 2. The van der Waals surface area contributed by atoms with Crippen LogP contribution < -0.4 is 0 Å². The van der Waals surface area contributed by atoms with E-state index in [0.717, 1.165) is 17.5 Å². The van der Waals surface area contributed by atoms with Gasteiger partial charge in [0.05, 0.1) is 0 Å². The Kier molecular flexibility index (Phi) is 4.78. The summed E-state index contributed by atoms with van der Waals surface area (Å²) in [6.07, 6.45) is 7.12. The molecule has 1 N–H and O–H groups in total. The third kappa shape index (κ3) is 3.86. The van der Waals surface area contributed by atoms with Gasteiger partial charge in [-0.3, -0.25) is 0 Å². The lowest BCUT2D eigenvalue weighted by molar-refractivity contribution is 0.475. The van der Waals surface area contributed by atoms with E-state index in [-0.39, 0.29) is 0 Å². The summed E-state index contributed by atoms with van der Waals surface area (Å²) in [5.74, 6) is 0.792. The maximum Gasteiger partial charge on any atom is 0.115 e. The van der Waals surface area contributed by atoms with Gasteiger partial charge in [-0.2, -0.15) is 0 Å². The monoisotopic (exact) mass is 264 g/mol. The predicted molar refractivity (Wildman–Crippen MR) is 86.7 cm³/mol. The minimum absolute atomic E-state index is 0.304. The van der Waals surface area contributed by atoms with Crippen molar-refractivity contribution in [3.05, 3.63) is 77.9 Å². The average Bonchev–Trinajstić information content (AvgIpc) is 2.49. The van der Waals surface area contributed by atoms with Crippen molar-refractivity contribution in [3.8, 4) is 5.75 Å². The van der Waals surface area contributed by atoms with Crippen LogP contribution in [0.2, 0.25) is 0 Å². The van der Waals surface area contributed by atoms with E-state index in [1.807, 2.05) is 18.2 Å². The molecule has 2 aromatic rings. The van der Waals surface area contributed by atoms with E-state index in [1.165, 1.54) is 5.56 Å². The smallest absolute Gasteiger partial charge is 0.115 e. The maximum absolute atomic E-state index is 9.23. The van der Waals surface area contributed by atoms with Gasteiger partial charge in [0.2, 0.25) is 0 Å². The zero-order valence-electron chi connectivity index (χ0n) is 11.8. The normalized spacial score (nSPS) is 12.4. The van der Waals surface area contributed by atoms with E-state index in [0.29, 0.717) is 11.7 Å². The van der Waals surface area contributed by atoms with Crippen LogP contribution in [0, 0.1) is 0 Å². The molecule has 0 aliphatic heterocycles. The first-order valence-corrected chi connectivity index (χ1v) is 6.87. The molecule has 1 unspecified atom stereocenters. The van der Waals surface area contributed by atoms with Crippen LogP contribution in [0.3, 0.4) is 0 Å². The summed E-state index contributed by atoms with van der Waals surface area (Å²) in [5.41, 5.74) is 3.60. The Bertz CT molecular complexity index is 576. The maximum atomic E-state index is 9.23. The molecule has 20 heavy (non-hydrogen) atoms. The summed E-state index contributed by atoms with van der Waals surface area (Å²) in [5, 5.41) is 9.23. The molecule has 0 fully saturated rings. The first-order valence-electron chi connectivity index (χ1n) is 6.87. The Hall–Kier alpha value is -2.28. The van der Waals surface area contributed by atoms with Gasteiger partial charge in [0.15, 0.2) is 0 Å². The van der Waals surface area contributed by atoms with E-state index in [1.54, 1.807) is 12.1 Å². The number of allylic oxidation sites excluding steroid dienone is 1. The highest BCUT2D eigenvalue weighted by Gasteiger charge is 2.02. The lowest BCUT2D eigenvalue weighted by Crippen LogP contribution is -1.91. The molecule has 0 bridgehead atoms. The molecular formula is C19H20O. The molecule has 0 saturated carbocycles. The van der Waals surface area contributed by atoms with Gasteiger partial charge in [-0.05, 0) is 41.2 Å². The fourth-order valence-corrected chi connectivity index (χ4v) is 2.09. The van der Waals surface area contributed by atoms with Crippen molar-refractivity contribution in [2.45, 2.75) is 19.3 Å². The minimum Gasteiger partial charge on any atom is -0.508 e. The fourth-order valence-electron chi connectivity index (χ4n) is 2.09. The van der Waals surface area contributed by atoms with Crippen LogP contribution in [-0.4, -0.2) is 5.11 Å². The Morgan fingerprint density at radius 2 is 1.60 bits per heavy atom. The molecule has 0 aromatic heterocycles. The first-order chi connectivity index (χ1) is 9.69. The Balaban J connectivity index is 1.95. The zero-order valence-corrected chi connectivity index (χ0v) is 11.8. The van der Waals surface area contributed by atoms with E-state index in [2.05, 4.69) is 49.9 Å². The third-order valence-electron chi connectivity index (χ3n) is 3.43. The molecule has 0 aliphatic rings. The third-order valence-corrected chi connectivity index (χ3v) is 3.43. The highest BCUT2D eigenvalue weighted by atomic mass is 16.3. The lowest BCUT2D eigenvalue weighted by Gasteiger charge is -2.09. The van der Waals surface area contributed by atoms with Gasteiger partial charge in [-0.15, -0.1) is 0 Å². The number of hydrogen-bond donors (Lipinski definition) is 1. The second-order valence-electron chi connectivity index (χ2n) is 5.00. The van der Waals surface area contributed by atoms with Crippen LogP contribution in [0.15, 0.2) is 61.2 Å². The van der Waals surface area contributed by atoms with Crippen molar-refractivity contribution >= 4 is 12.2 Å². The highest BCUT2D eigenvalue weighted by Crippen LogP contribution is 2.21. The molecule has 1 heteroatoms. The Labute approximate surface area is 120 Å². The zero-order chi connectivity index (χ0) is 14.4. The highest BCUT2D eigenvalue weighted by molar-refractivity contribution is 5.51. The number of rotatable bonds is 5. The summed E-state index contributed by atoms with van der Waals surface area (Å²) < 4.78 is 0. The van der Waals surface area contributed by atoms with E-state index in [4.69, 9.17) is 0 Å². The molecule has 2 aromatic carbocycles. The molecule has 2 rings (SSSR count). The van der Waals surface area contributed by atoms with Gasteiger partial charge >= 0.3 is 0 Å². The number of aromatic hydroxyl groups is 1. The van der Waals surface area contributed by atoms with Gasteiger partial charge in [-0.1, -0.05) is 68.1 Å². The van der Waals surface area contributed by atoms with Gasteiger partial charge in [0.1, 0.15) is 5.75 Å². The van der Waals surface area contributed by atoms with Crippen LogP contribution in [0.1, 0.15) is 36.0 Å². The second kappa shape index (κ2) is 6.76. The topological polar surface area (TPSA) is 20.2 Å². The Morgan fingerprint density at radius 1 is 1.00 bits per heavy atom. The van der Waals surface area contributed by atoms with Crippen LogP contribution in [0.5, 0.6) is 5.75 Å². The van der Waals surface area contributed by atoms with Crippen molar-refractivity contribution in [1.29, 1.82) is 0 Å². The minimum atomic E-state index is 0.304. The van der Waals surface area contributed by atoms with Crippen LogP contribution in [-0.2, 0) is 0 Å². The summed E-state index contributed by atoms with van der Waals surface area (Å²) in [6.45, 7) is 5.99. The molecule has 0 amide bonds. The quantitative estimate of drug-likeness (QED) is 0.782. The molecule has 0 heterocycles. The van der Waals surface area contributed by atoms with Crippen LogP contribution >= 0.6 is 0 Å². The predicted octanol–water partition coefficient (Wildman–Crippen LogP) is 5.24. The van der Waals surface area contributed by atoms with Crippen LogP contribution in [0.4, 0.5) is 0 Å². The van der Waals surface area contributed by atoms with Crippen molar-refractivity contribution in [1.82, 2.24) is 0 Å². The van der Waals surface area contributed by atoms with Crippen LogP contribution in [0.25, 0.3) is 12.2 Å². The number of hydrogen-bond acceptors (Lipinski definition) is 1. The molecule has 0 saturated heterocycles. The van der Waals surface area contributed by atoms with Gasteiger partial charge in [0, 0.05) is 0 Å². The summed E-state index contributed by atoms with van der Waals surface area (Å²) in [4.78, 5) is 0. The average molecular weight is 264 g/mol. The molecule has 1 atom stereocenters. The number of phenolic OH excluding ortho intramolecular Hbond substituents is 1. The van der Waals surface area contributed by atoms with Crippen molar-refractivity contribution in [2.75, 3.05) is 0 Å². The van der Waals surface area contributed by atoms with Crippen molar-refractivity contribution < 1.29 is 5.11 Å². The molecule has 1 nitrogen and oxygen atoms in total. The molecule has 102 valence electrons. The largest absolute Gasteiger partial charge is 0.508 e. The lowest BCUT2D eigenvalue weighted by atomic mass is 9.96. The van der Waals surface area contributed by atoms with Crippen molar-refractivity contribution in [3.63, 3.8) is 0 Å². The Morgan fingerprint density at radius 3 is 2.20 bits per heavy atom. The molecular weight excluding hydrogens is 244 g/mol. The standard InChI is InChI=1S/C19H20O/c1-3-16-7-11-18(12-8-16)15(2)5-4-6-17-9-13-19(20)14-10-17/h3-4,6-15,20H,1,5H2,2H3/b6-4+. The number of phenols is 1. The molecule has 0 spiro atoms. The molecule has 0 radical (unpaired) electrons. The summed E-state index contributed by atoms with van der Waals surface area (Å²) in [6, 6.07) is 15.8. The molecule has 0 aliphatic carbocycles. The summed E-state index contributed by atoms with van der Waals surface area (Å²) in [7, 11) is 0. The summed E-state index contributed by atoms with van der Waals surface area (Å²) >= 11 is 0. The second-order valence-corrected chi connectivity index (χ2v) is 5.00. The fraction of sp³-hybridized carbons (Fsp3) is 0.158. The first kappa shape index (κ1) is 14.1. The van der Waals surface area contributed by atoms with E-state index in [9.17, 15) is 5.11 Å². The van der Waals surface area contributed by atoms with Crippen molar-refractivity contribution in [2.24, 2.45) is 0 Å². The van der Waals surface area contributed by atoms with Gasteiger partial charge in [0.25, 0.3) is 0 Å². The van der Waals surface area contributed by atoms with Gasteiger partial charge in [-0.25, -0.2) is 0 Å². The van der Waals surface area contributed by atoms with Gasteiger partial charge < -0.3 is 5.11 Å². The van der Waals surface area contributed by atoms with E-state index >= 15 is 0 Å². The van der Waals surface area contributed by atoms with E-state index < -0.39 is 0 Å².